The highest BCUT2D eigenvalue weighted by atomic mass is 16.4. The van der Waals surface area contributed by atoms with Crippen molar-refractivity contribution in [3.05, 3.63) is 46.2 Å². The zero-order valence-electron chi connectivity index (χ0n) is 15.2. The van der Waals surface area contributed by atoms with Gasteiger partial charge in [0.2, 0.25) is 5.78 Å². The second kappa shape index (κ2) is 5.91. The van der Waals surface area contributed by atoms with Crippen molar-refractivity contribution in [3.63, 3.8) is 0 Å². The van der Waals surface area contributed by atoms with Gasteiger partial charge in [-0.05, 0) is 17.5 Å². The molecule has 29 heavy (non-hydrogen) atoms. The summed E-state index contributed by atoms with van der Waals surface area (Å²) in [5, 5.41) is 62.6. The summed E-state index contributed by atoms with van der Waals surface area (Å²) in [5.41, 5.74) is -4.02. The number of aliphatic carboxylic acids is 1. The molecular weight excluding hydrogens is 384 g/mol. The number of carboxylic acid groups (broad SMARTS) is 1. The zero-order valence-corrected chi connectivity index (χ0v) is 15.2. The highest BCUT2D eigenvalue weighted by Crippen LogP contribution is 2.55. The molecular formula is C20H18O9. The van der Waals surface area contributed by atoms with Crippen LogP contribution in [0.25, 0.3) is 5.76 Å². The van der Waals surface area contributed by atoms with Crippen LogP contribution in [0.5, 0.6) is 5.75 Å². The smallest absolute Gasteiger partial charge is 0.342 e. The maximum atomic E-state index is 13.3. The molecule has 0 spiro atoms. The fourth-order valence-electron chi connectivity index (χ4n) is 4.92. The van der Waals surface area contributed by atoms with Crippen LogP contribution in [-0.2, 0) is 14.4 Å². The SMILES string of the molecule is CC1c2cccc(O)c2C(O)=C2C(=O)C3(O)C(O)=C(C(=O)O)C(=O)CC3C(O)C21. The fourth-order valence-corrected chi connectivity index (χ4v) is 4.92. The summed E-state index contributed by atoms with van der Waals surface area (Å²) >= 11 is 0. The van der Waals surface area contributed by atoms with Crippen molar-refractivity contribution in [1.29, 1.82) is 0 Å². The van der Waals surface area contributed by atoms with Gasteiger partial charge < -0.3 is 30.6 Å². The number of hydrogen-bond acceptors (Lipinski definition) is 8. The number of carboxylic acids is 1. The average molecular weight is 402 g/mol. The number of aromatic hydroxyl groups is 1. The first kappa shape index (κ1) is 19.2. The molecule has 3 aliphatic carbocycles. The third-order valence-electron chi connectivity index (χ3n) is 6.33. The molecule has 1 saturated carbocycles. The van der Waals surface area contributed by atoms with Crippen LogP contribution in [0, 0.1) is 11.8 Å². The Kier molecular flexibility index (Phi) is 3.91. The lowest BCUT2D eigenvalue weighted by atomic mass is 9.55. The van der Waals surface area contributed by atoms with Crippen LogP contribution in [0.2, 0.25) is 0 Å². The van der Waals surface area contributed by atoms with Gasteiger partial charge in [-0.2, -0.15) is 0 Å². The summed E-state index contributed by atoms with van der Waals surface area (Å²) in [7, 11) is 0. The molecule has 152 valence electrons. The van der Waals surface area contributed by atoms with E-state index in [0.717, 1.165) is 0 Å². The van der Waals surface area contributed by atoms with Crippen molar-refractivity contribution in [2.75, 3.05) is 0 Å². The van der Waals surface area contributed by atoms with Crippen LogP contribution in [0.15, 0.2) is 35.1 Å². The zero-order chi connectivity index (χ0) is 21.4. The van der Waals surface area contributed by atoms with Gasteiger partial charge in [-0.25, -0.2) is 4.79 Å². The first-order valence-corrected chi connectivity index (χ1v) is 8.94. The Hall–Kier alpha value is -3.17. The Balaban J connectivity index is 2.02. The molecule has 0 heterocycles. The molecule has 1 fully saturated rings. The molecule has 9 heteroatoms. The van der Waals surface area contributed by atoms with Gasteiger partial charge in [-0.1, -0.05) is 19.1 Å². The first-order valence-electron chi connectivity index (χ1n) is 8.94. The predicted molar refractivity (Wildman–Crippen MR) is 95.9 cm³/mol. The second-order valence-electron chi connectivity index (χ2n) is 7.67. The van der Waals surface area contributed by atoms with Gasteiger partial charge in [0, 0.05) is 23.8 Å². The average Bonchev–Trinajstić information content (AvgIpc) is 2.65. The number of benzene rings is 1. The predicted octanol–water partition coefficient (Wildman–Crippen LogP) is 0.555. The summed E-state index contributed by atoms with van der Waals surface area (Å²) in [4.78, 5) is 36.9. The molecule has 0 aliphatic heterocycles. The van der Waals surface area contributed by atoms with Gasteiger partial charge in [0.05, 0.1) is 11.7 Å². The lowest BCUT2D eigenvalue weighted by Gasteiger charge is -2.50. The summed E-state index contributed by atoms with van der Waals surface area (Å²) in [6.07, 6.45) is -2.22. The number of fused-ring (bicyclic) bond motifs is 3. The van der Waals surface area contributed by atoms with Gasteiger partial charge in [-0.3, -0.25) is 9.59 Å². The van der Waals surface area contributed by atoms with Crippen molar-refractivity contribution >= 4 is 23.3 Å². The van der Waals surface area contributed by atoms with Crippen molar-refractivity contribution in [1.82, 2.24) is 0 Å². The van der Waals surface area contributed by atoms with Crippen LogP contribution in [0.4, 0.5) is 0 Å². The molecule has 1 aromatic carbocycles. The summed E-state index contributed by atoms with van der Waals surface area (Å²) in [5.74, 6) is -9.50. The number of rotatable bonds is 1. The summed E-state index contributed by atoms with van der Waals surface area (Å²) in [6, 6.07) is 4.44. The number of carbonyl (C=O) groups is 3. The normalized spacial score (nSPS) is 33.9. The molecule has 0 radical (unpaired) electrons. The Bertz CT molecular complexity index is 1050. The van der Waals surface area contributed by atoms with Gasteiger partial charge in [0.25, 0.3) is 0 Å². The molecule has 0 amide bonds. The summed E-state index contributed by atoms with van der Waals surface area (Å²) < 4.78 is 0. The quantitative estimate of drug-likeness (QED) is 0.367. The van der Waals surface area contributed by atoms with Gasteiger partial charge in [0.1, 0.15) is 17.1 Å². The third kappa shape index (κ3) is 2.19. The van der Waals surface area contributed by atoms with E-state index in [2.05, 4.69) is 0 Å². The van der Waals surface area contributed by atoms with Crippen molar-refractivity contribution in [3.8, 4) is 5.75 Å². The van der Waals surface area contributed by atoms with Gasteiger partial charge in [-0.15, -0.1) is 0 Å². The number of carbonyl (C=O) groups excluding carboxylic acids is 2. The van der Waals surface area contributed by atoms with Crippen LogP contribution < -0.4 is 0 Å². The molecule has 0 bridgehead atoms. The second-order valence-corrected chi connectivity index (χ2v) is 7.67. The van der Waals surface area contributed by atoms with E-state index >= 15 is 0 Å². The first-order chi connectivity index (χ1) is 13.5. The van der Waals surface area contributed by atoms with Crippen molar-refractivity contribution in [2.45, 2.75) is 31.0 Å². The lowest BCUT2D eigenvalue weighted by molar-refractivity contribution is -0.161. The highest BCUT2D eigenvalue weighted by Gasteiger charge is 2.65. The molecule has 5 atom stereocenters. The van der Waals surface area contributed by atoms with E-state index in [0.29, 0.717) is 5.56 Å². The fraction of sp³-hybridized carbons (Fsp3) is 0.350. The number of ketones is 2. The third-order valence-corrected chi connectivity index (χ3v) is 6.33. The van der Waals surface area contributed by atoms with Crippen LogP contribution in [0.1, 0.15) is 30.4 Å². The minimum Gasteiger partial charge on any atom is -0.508 e. The molecule has 5 unspecified atom stereocenters. The Morgan fingerprint density at radius 1 is 1.17 bits per heavy atom. The Labute approximate surface area is 163 Å². The maximum absolute atomic E-state index is 13.3. The number of aliphatic hydroxyl groups excluding tert-OH is 3. The Morgan fingerprint density at radius 2 is 1.83 bits per heavy atom. The molecule has 3 aliphatic rings. The minimum absolute atomic E-state index is 0.0392. The highest BCUT2D eigenvalue weighted by molar-refractivity contribution is 6.21. The molecule has 4 rings (SSSR count). The van der Waals surface area contributed by atoms with Crippen molar-refractivity contribution in [2.24, 2.45) is 11.8 Å². The molecule has 1 aromatic rings. The number of phenols is 1. The largest absolute Gasteiger partial charge is 0.508 e. The van der Waals surface area contributed by atoms with E-state index in [-0.39, 0.29) is 11.3 Å². The standard InChI is InChI=1S/C20H18O9/c1-6-7-3-2-4-9(21)12(7)16(24)14-11(6)15(23)8-5-10(22)13(19(27)28)17(25)20(8,29)18(14)26/h2-4,6,8,11,15,21,23-25,29H,5H2,1H3,(H,27,28). The van der Waals surface area contributed by atoms with E-state index in [1.165, 1.54) is 12.1 Å². The number of phenolic OH excluding ortho intramolecular Hbond substituents is 1. The number of Topliss-reactive ketones (excluding diaryl/α,β-unsaturated/α-hetero) is 2. The summed E-state index contributed by atoms with van der Waals surface area (Å²) in [6.45, 7) is 1.65. The van der Waals surface area contributed by atoms with Crippen molar-refractivity contribution < 1.29 is 45.0 Å². The van der Waals surface area contributed by atoms with Gasteiger partial charge >= 0.3 is 5.97 Å². The van der Waals surface area contributed by atoms with Crippen LogP contribution >= 0.6 is 0 Å². The Morgan fingerprint density at radius 3 is 2.45 bits per heavy atom. The molecule has 6 N–H and O–H groups in total. The molecule has 0 aromatic heterocycles. The van der Waals surface area contributed by atoms with E-state index < -0.39 is 76.1 Å². The molecule has 0 saturated heterocycles. The van der Waals surface area contributed by atoms with Crippen LogP contribution in [-0.4, -0.2) is 59.9 Å². The number of aliphatic hydroxyl groups is 4. The number of hydrogen-bond donors (Lipinski definition) is 6. The minimum atomic E-state index is -2.89. The lowest BCUT2D eigenvalue weighted by Crippen LogP contribution is -2.63. The molecule has 9 nitrogen and oxygen atoms in total. The van der Waals surface area contributed by atoms with E-state index in [9.17, 15) is 45.0 Å². The maximum Gasteiger partial charge on any atom is 0.342 e. The van der Waals surface area contributed by atoms with Crippen LogP contribution in [0.3, 0.4) is 0 Å². The van der Waals surface area contributed by atoms with E-state index in [1.54, 1.807) is 13.0 Å². The van der Waals surface area contributed by atoms with Gasteiger partial charge in [0.15, 0.2) is 17.1 Å². The van der Waals surface area contributed by atoms with E-state index in [4.69, 9.17) is 0 Å². The topological polar surface area (TPSA) is 173 Å². The van der Waals surface area contributed by atoms with E-state index in [1.807, 2.05) is 0 Å². The monoisotopic (exact) mass is 402 g/mol.